The third kappa shape index (κ3) is 13.1. The van der Waals surface area contributed by atoms with E-state index < -0.39 is 66.7 Å². The highest BCUT2D eigenvalue weighted by molar-refractivity contribution is 5.80. The van der Waals surface area contributed by atoms with Gasteiger partial charge in [-0.2, -0.15) is 0 Å². The zero-order valence-electron chi connectivity index (χ0n) is 22.4. The first-order valence-electron chi connectivity index (χ1n) is 11.9. The zero-order valence-corrected chi connectivity index (χ0v) is 22.4. The van der Waals surface area contributed by atoms with Crippen LogP contribution in [-0.2, 0) is 52.5 Å². The number of carbonyl (C=O) groups is 6. The molecule has 0 aliphatic carbocycles. The maximum Gasteiger partial charge on any atom is 0.303 e. The van der Waals surface area contributed by atoms with E-state index in [4.69, 9.17) is 34.8 Å². The van der Waals surface area contributed by atoms with Gasteiger partial charge < -0.3 is 28.4 Å². The number of benzene rings is 1. The van der Waals surface area contributed by atoms with E-state index in [1.807, 2.05) is 0 Å². The van der Waals surface area contributed by atoms with Crippen LogP contribution in [0, 0.1) is 12.3 Å². The van der Waals surface area contributed by atoms with Gasteiger partial charge in [-0.15, -0.1) is 6.42 Å². The van der Waals surface area contributed by atoms with Crippen LogP contribution in [0.3, 0.4) is 0 Å². The second kappa shape index (κ2) is 16.4. The lowest BCUT2D eigenvalue weighted by atomic mass is 9.97. The molecular weight excluding hydrogens is 516 g/mol. The lowest BCUT2D eigenvalue weighted by molar-refractivity contribution is -0.203. The lowest BCUT2D eigenvalue weighted by Crippen LogP contribution is -2.53. The number of rotatable bonds is 15. The third-order valence-corrected chi connectivity index (χ3v) is 4.87. The Morgan fingerprint density at radius 1 is 0.718 bits per heavy atom. The summed E-state index contributed by atoms with van der Waals surface area (Å²) in [6, 6.07) is 6.49. The summed E-state index contributed by atoms with van der Waals surface area (Å²) in [5, 5.41) is 0. The van der Waals surface area contributed by atoms with Crippen LogP contribution in [0.2, 0.25) is 0 Å². The average Bonchev–Trinajstić information content (AvgIpc) is 2.84. The van der Waals surface area contributed by atoms with Gasteiger partial charge in [-0.3, -0.25) is 28.8 Å². The number of ether oxygens (including phenoxy) is 6. The Kier molecular flexibility index (Phi) is 13.8. The Morgan fingerprint density at radius 2 is 1.21 bits per heavy atom. The fourth-order valence-electron chi connectivity index (χ4n) is 3.39. The van der Waals surface area contributed by atoms with Crippen molar-refractivity contribution in [3.63, 3.8) is 0 Å². The molecule has 0 spiro atoms. The molecule has 0 N–H and O–H groups in total. The van der Waals surface area contributed by atoms with E-state index in [1.54, 1.807) is 24.3 Å². The van der Waals surface area contributed by atoms with E-state index in [0.29, 0.717) is 11.3 Å². The molecule has 0 saturated heterocycles. The molecule has 0 fully saturated rings. The van der Waals surface area contributed by atoms with Crippen molar-refractivity contribution in [2.75, 3.05) is 13.2 Å². The van der Waals surface area contributed by atoms with Crippen LogP contribution in [0.1, 0.15) is 53.0 Å². The molecule has 1 rings (SSSR count). The van der Waals surface area contributed by atoms with Crippen molar-refractivity contribution >= 4 is 35.6 Å². The van der Waals surface area contributed by atoms with E-state index in [-0.39, 0.29) is 19.4 Å². The number of hydrogen-bond acceptors (Lipinski definition) is 12. The molecule has 1 aromatic carbocycles. The molecule has 0 bridgehead atoms. The summed E-state index contributed by atoms with van der Waals surface area (Å²) in [6.07, 6.45) is -0.957. The minimum atomic E-state index is -1.57. The predicted octanol–water partition coefficient (Wildman–Crippen LogP) is 1.69. The molecular formula is C27H32O12. The van der Waals surface area contributed by atoms with E-state index in [2.05, 4.69) is 5.92 Å². The van der Waals surface area contributed by atoms with Crippen molar-refractivity contribution in [1.82, 2.24) is 0 Å². The number of terminal acetylenes is 1. The minimum absolute atomic E-state index is 0.187. The van der Waals surface area contributed by atoms with E-state index >= 15 is 0 Å². The van der Waals surface area contributed by atoms with E-state index in [0.717, 1.165) is 34.6 Å². The minimum Gasteiger partial charge on any atom is -0.486 e. The highest BCUT2D eigenvalue weighted by Gasteiger charge is 2.43. The van der Waals surface area contributed by atoms with Crippen molar-refractivity contribution in [3.8, 4) is 18.1 Å². The predicted molar refractivity (Wildman–Crippen MR) is 133 cm³/mol. The van der Waals surface area contributed by atoms with Gasteiger partial charge in [0.2, 0.25) is 0 Å². The summed E-state index contributed by atoms with van der Waals surface area (Å²) in [5.74, 6) is -1.59. The molecule has 0 saturated carbocycles. The first-order chi connectivity index (χ1) is 18.3. The summed E-state index contributed by atoms with van der Waals surface area (Å²) in [6.45, 7) is 4.47. The molecule has 0 radical (unpaired) electrons. The molecule has 39 heavy (non-hydrogen) atoms. The molecule has 1 aromatic rings. The van der Waals surface area contributed by atoms with Gasteiger partial charge in [0.05, 0.1) is 0 Å². The van der Waals surface area contributed by atoms with Gasteiger partial charge in [0, 0.05) is 46.6 Å². The van der Waals surface area contributed by atoms with Crippen LogP contribution >= 0.6 is 0 Å². The first kappa shape index (κ1) is 32.6. The molecule has 12 heteroatoms. The van der Waals surface area contributed by atoms with Gasteiger partial charge >= 0.3 is 29.8 Å². The van der Waals surface area contributed by atoms with Gasteiger partial charge in [0.25, 0.3) is 0 Å². The fourth-order valence-corrected chi connectivity index (χ4v) is 3.39. The van der Waals surface area contributed by atoms with Crippen LogP contribution in [0.4, 0.5) is 0 Å². The van der Waals surface area contributed by atoms with Gasteiger partial charge in [0.15, 0.2) is 24.1 Å². The van der Waals surface area contributed by atoms with Crippen LogP contribution in [0.15, 0.2) is 24.3 Å². The normalized spacial score (nSPS) is 13.3. The summed E-state index contributed by atoms with van der Waals surface area (Å²) in [4.78, 5) is 71.6. The summed E-state index contributed by atoms with van der Waals surface area (Å²) >= 11 is 0. The average molecular weight is 549 g/mol. The topological polar surface area (TPSA) is 158 Å². The Balaban J connectivity index is 3.19. The summed E-state index contributed by atoms with van der Waals surface area (Å²) in [7, 11) is 0. The number of esters is 5. The zero-order chi connectivity index (χ0) is 29.5. The Labute approximate surface area is 226 Å². The Hall–Kier alpha value is -4.40. The van der Waals surface area contributed by atoms with Crippen molar-refractivity contribution in [3.05, 3.63) is 29.8 Å². The smallest absolute Gasteiger partial charge is 0.303 e. The van der Waals surface area contributed by atoms with Crippen LogP contribution < -0.4 is 4.74 Å². The Morgan fingerprint density at radius 3 is 1.67 bits per heavy atom. The number of carbonyl (C=O) groups excluding carboxylic acids is 6. The quantitative estimate of drug-likeness (QED) is 0.178. The second-order valence-corrected chi connectivity index (χ2v) is 8.28. The Bertz CT molecular complexity index is 1070. The standard InChI is InChI=1S/C27H32O12/c1-7-21-8-11-23(12-9-21)35-14-22(33)10-13-24(36-17(3)29)26(38-19(5)31)27(39-20(6)32)25(37-18(4)30)15-34-16(2)28/h1,8-9,11-12,24-27H,10,13-15H2,2-6H3/t24-,25-,26+,27+/m1/s1. The molecule has 0 aliphatic rings. The van der Waals surface area contributed by atoms with Gasteiger partial charge in [-0.05, 0) is 30.7 Å². The number of ketones is 1. The van der Waals surface area contributed by atoms with Gasteiger partial charge in [-0.1, -0.05) is 5.92 Å². The van der Waals surface area contributed by atoms with Gasteiger partial charge in [0.1, 0.15) is 25.1 Å². The highest BCUT2D eigenvalue weighted by atomic mass is 16.6. The molecule has 4 atom stereocenters. The molecule has 212 valence electrons. The first-order valence-corrected chi connectivity index (χ1v) is 11.9. The maximum atomic E-state index is 12.6. The van der Waals surface area contributed by atoms with Crippen molar-refractivity contribution in [1.29, 1.82) is 0 Å². The second-order valence-electron chi connectivity index (χ2n) is 8.28. The van der Waals surface area contributed by atoms with Crippen molar-refractivity contribution in [2.45, 2.75) is 71.9 Å². The fraction of sp³-hybridized carbons (Fsp3) is 0.481. The SMILES string of the molecule is C#Cc1ccc(OCC(=O)CC[C@@H](OC(C)=O)[C@H](OC(C)=O)[C@@H](OC(C)=O)[C@@H](COC(C)=O)OC(C)=O)cc1. The molecule has 0 amide bonds. The van der Waals surface area contributed by atoms with E-state index in [9.17, 15) is 28.8 Å². The van der Waals surface area contributed by atoms with Crippen molar-refractivity contribution < 1.29 is 57.2 Å². The summed E-state index contributed by atoms with van der Waals surface area (Å²) < 4.78 is 31.6. The third-order valence-electron chi connectivity index (χ3n) is 4.87. The molecule has 0 heterocycles. The molecule has 0 unspecified atom stereocenters. The van der Waals surface area contributed by atoms with Crippen LogP contribution in [0.25, 0.3) is 0 Å². The van der Waals surface area contributed by atoms with Crippen LogP contribution in [-0.4, -0.2) is 73.3 Å². The molecule has 12 nitrogen and oxygen atoms in total. The maximum absolute atomic E-state index is 12.6. The van der Waals surface area contributed by atoms with Crippen LogP contribution in [0.5, 0.6) is 5.75 Å². The molecule has 0 aromatic heterocycles. The highest BCUT2D eigenvalue weighted by Crippen LogP contribution is 2.23. The largest absolute Gasteiger partial charge is 0.486 e. The lowest BCUT2D eigenvalue weighted by Gasteiger charge is -2.35. The molecule has 0 aliphatic heterocycles. The summed E-state index contributed by atoms with van der Waals surface area (Å²) in [5.41, 5.74) is 0.637. The van der Waals surface area contributed by atoms with E-state index in [1.165, 1.54) is 0 Å². The number of Topliss-reactive ketones (excluding diaryl/α,β-unsaturated/α-hetero) is 1. The number of hydrogen-bond donors (Lipinski definition) is 0. The monoisotopic (exact) mass is 548 g/mol. The van der Waals surface area contributed by atoms with Gasteiger partial charge in [-0.25, -0.2) is 0 Å². The van der Waals surface area contributed by atoms with Crippen molar-refractivity contribution in [2.24, 2.45) is 0 Å².